The van der Waals surface area contributed by atoms with Crippen molar-refractivity contribution in [1.82, 2.24) is 15.5 Å². The fourth-order valence-corrected chi connectivity index (χ4v) is 3.45. The van der Waals surface area contributed by atoms with E-state index in [1.165, 1.54) is 0 Å². The van der Waals surface area contributed by atoms with Crippen LogP contribution in [0.5, 0.6) is 0 Å². The van der Waals surface area contributed by atoms with Crippen molar-refractivity contribution in [3.63, 3.8) is 0 Å². The Bertz CT molecular complexity index is 516. The Balaban J connectivity index is 1.95. The van der Waals surface area contributed by atoms with Gasteiger partial charge in [-0.25, -0.2) is 8.42 Å². The number of nitrogens with zero attached hydrogens (tertiary/aromatic N) is 3. The summed E-state index contributed by atoms with van der Waals surface area (Å²) < 4.78 is 23.2. The van der Waals surface area contributed by atoms with Crippen molar-refractivity contribution in [1.29, 1.82) is 0 Å². The van der Waals surface area contributed by atoms with Crippen LogP contribution in [0.1, 0.15) is 25.5 Å². The van der Waals surface area contributed by atoms with E-state index in [0.717, 1.165) is 37.6 Å². The van der Waals surface area contributed by atoms with Crippen molar-refractivity contribution in [2.75, 3.05) is 36.0 Å². The zero-order valence-corrected chi connectivity index (χ0v) is 12.7. The first-order valence-corrected chi connectivity index (χ1v) is 8.91. The molecule has 1 N–H and O–H groups in total. The largest absolute Gasteiger partial charge is 0.354 e. The Hall–Kier alpha value is -1.21. The molecule has 20 heavy (non-hydrogen) atoms. The first-order valence-electron chi connectivity index (χ1n) is 7.09. The van der Waals surface area contributed by atoms with Crippen molar-refractivity contribution in [3.05, 3.63) is 17.8 Å². The minimum absolute atomic E-state index is 0.203. The van der Waals surface area contributed by atoms with Crippen molar-refractivity contribution in [2.24, 2.45) is 0 Å². The van der Waals surface area contributed by atoms with Gasteiger partial charge in [-0.3, -0.25) is 0 Å². The maximum absolute atomic E-state index is 11.6. The van der Waals surface area contributed by atoms with Gasteiger partial charge in [0.25, 0.3) is 0 Å². The number of aromatic nitrogens is 2. The molecular formula is C13H22N4O2S. The van der Waals surface area contributed by atoms with Crippen LogP contribution in [0.25, 0.3) is 0 Å². The number of rotatable bonds is 5. The van der Waals surface area contributed by atoms with Gasteiger partial charge in [0.1, 0.15) is 0 Å². The molecule has 1 aliphatic heterocycles. The molecule has 1 aromatic heterocycles. The van der Waals surface area contributed by atoms with Gasteiger partial charge in [0.15, 0.2) is 15.7 Å². The number of hydrogen-bond donors (Lipinski definition) is 1. The van der Waals surface area contributed by atoms with Gasteiger partial charge in [0.2, 0.25) is 0 Å². The molecule has 2 heterocycles. The van der Waals surface area contributed by atoms with Gasteiger partial charge >= 0.3 is 0 Å². The molecular weight excluding hydrogens is 276 g/mol. The van der Waals surface area contributed by atoms with Crippen LogP contribution in [0.3, 0.4) is 0 Å². The lowest BCUT2D eigenvalue weighted by molar-refractivity contribution is 0.597. The van der Waals surface area contributed by atoms with E-state index in [0.29, 0.717) is 13.0 Å². The normalized spacial score (nSPS) is 18.8. The Kier molecular flexibility index (Phi) is 5.31. The highest BCUT2D eigenvalue weighted by Crippen LogP contribution is 2.13. The van der Waals surface area contributed by atoms with Crippen LogP contribution in [0.15, 0.2) is 12.1 Å². The third-order valence-corrected chi connectivity index (χ3v) is 5.03. The van der Waals surface area contributed by atoms with Crippen LogP contribution in [0, 0.1) is 0 Å². The summed E-state index contributed by atoms with van der Waals surface area (Å²) in [4.78, 5) is 2.00. The smallest absolute Gasteiger partial charge is 0.152 e. The molecule has 1 aliphatic rings. The highest BCUT2D eigenvalue weighted by atomic mass is 32.2. The summed E-state index contributed by atoms with van der Waals surface area (Å²) >= 11 is 0. The second-order valence-electron chi connectivity index (χ2n) is 5.05. The number of sulfone groups is 1. The average molecular weight is 298 g/mol. The molecule has 0 atom stereocenters. The molecule has 6 nitrogen and oxygen atoms in total. The molecule has 0 radical (unpaired) electrons. The molecule has 1 saturated heterocycles. The molecule has 0 unspecified atom stereocenters. The summed E-state index contributed by atoms with van der Waals surface area (Å²) in [6.07, 6.45) is 1.75. The van der Waals surface area contributed by atoms with Gasteiger partial charge in [-0.15, -0.1) is 5.10 Å². The molecule has 0 bridgehead atoms. The van der Waals surface area contributed by atoms with Gasteiger partial charge in [0, 0.05) is 19.6 Å². The van der Waals surface area contributed by atoms with Gasteiger partial charge < -0.3 is 10.2 Å². The summed E-state index contributed by atoms with van der Waals surface area (Å²) in [6.45, 7) is 5.03. The van der Waals surface area contributed by atoms with Gasteiger partial charge in [0.05, 0.1) is 17.2 Å². The Morgan fingerprint density at radius 2 is 2.10 bits per heavy atom. The molecule has 1 aromatic rings. The molecule has 1 fully saturated rings. The maximum atomic E-state index is 11.6. The SMILES string of the molecule is CCCNCc1ccc(N2CCCS(=O)(=O)CC2)nn1. The van der Waals surface area contributed by atoms with E-state index >= 15 is 0 Å². The highest BCUT2D eigenvalue weighted by Gasteiger charge is 2.20. The van der Waals surface area contributed by atoms with Crippen molar-refractivity contribution in [2.45, 2.75) is 26.3 Å². The minimum atomic E-state index is -2.88. The zero-order valence-electron chi connectivity index (χ0n) is 11.9. The first kappa shape index (κ1) is 15.2. The van der Waals surface area contributed by atoms with Gasteiger partial charge in [-0.2, -0.15) is 5.10 Å². The van der Waals surface area contributed by atoms with Crippen molar-refractivity contribution < 1.29 is 8.42 Å². The minimum Gasteiger partial charge on any atom is -0.354 e. The van der Waals surface area contributed by atoms with Gasteiger partial charge in [-0.1, -0.05) is 6.92 Å². The molecule has 0 amide bonds. The van der Waals surface area contributed by atoms with Crippen LogP contribution in [-0.4, -0.2) is 49.8 Å². The first-order chi connectivity index (χ1) is 9.61. The van der Waals surface area contributed by atoms with Crippen LogP contribution in [0.2, 0.25) is 0 Å². The topological polar surface area (TPSA) is 75.2 Å². The predicted octanol–water partition coefficient (Wildman–Crippen LogP) is 0.601. The standard InChI is InChI=1S/C13H22N4O2S/c1-2-6-14-11-12-4-5-13(16-15-12)17-7-3-9-20(18,19)10-8-17/h4-5,14H,2-3,6-11H2,1H3. The van der Waals surface area contributed by atoms with Crippen molar-refractivity contribution in [3.8, 4) is 0 Å². The summed E-state index contributed by atoms with van der Waals surface area (Å²) in [6, 6.07) is 3.87. The van der Waals surface area contributed by atoms with E-state index in [2.05, 4.69) is 22.4 Å². The number of anilines is 1. The predicted molar refractivity (Wildman–Crippen MR) is 79.5 cm³/mol. The Morgan fingerprint density at radius 1 is 1.25 bits per heavy atom. The molecule has 2 rings (SSSR count). The van der Waals surface area contributed by atoms with Crippen LogP contribution < -0.4 is 10.2 Å². The molecule has 0 aliphatic carbocycles. The van der Waals surface area contributed by atoms with Crippen molar-refractivity contribution >= 4 is 15.7 Å². The van der Waals surface area contributed by atoms with E-state index in [1.807, 2.05) is 17.0 Å². The maximum Gasteiger partial charge on any atom is 0.152 e. The van der Waals surface area contributed by atoms with Crippen LogP contribution in [-0.2, 0) is 16.4 Å². The van der Waals surface area contributed by atoms with Crippen LogP contribution in [0.4, 0.5) is 5.82 Å². The molecule has 112 valence electrons. The fraction of sp³-hybridized carbons (Fsp3) is 0.692. The lowest BCUT2D eigenvalue weighted by atomic mass is 10.3. The van der Waals surface area contributed by atoms with Crippen LogP contribution >= 0.6 is 0 Å². The van der Waals surface area contributed by atoms with Gasteiger partial charge in [-0.05, 0) is 31.5 Å². The second-order valence-corrected chi connectivity index (χ2v) is 7.36. The molecule has 7 heteroatoms. The van der Waals surface area contributed by atoms with E-state index in [4.69, 9.17) is 0 Å². The zero-order chi connectivity index (χ0) is 14.4. The van der Waals surface area contributed by atoms with E-state index in [-0.39, 0.29) is 11.5 Å². The average Bonchev–Trinajstić information content (AvgIpc) is 2.61. The summed E-state index contributed by atoms with van der Waals surface area (Å²) in [7, 11) is -2.88. The summed E-state index contributed by atoms with van der Waals surface area (Å²) in [5, 5.41) is 11.7. The summed E-state index contributed by atoms with van der Waals surface area (Å²) in [5.74, 6) is 1.24. The lowest BCUT2D eigenvalue weighted by Gasteiger charge is -2.20. The van der Waals surface area contributed by atoms with E-state index in [9.17, 15) is 8.42 Å². The Labute approximate surface area is 120 Å². The molecule has 0 spiro atoms. The molecule has 0 aromatic carbocycles. The Morgan fingerprint density at radius 3 is 2.80 bits per heavy atom. The number of hydrogen-bond acceptors (Lipinski definition) is 6. The summed E-state index contributed by atoms with van der Waals surface area (Å²) in [5.41, 5.74) is 0.907. The quantitative estimate of drug-likeness (QED) is 0.802. The molecule has 0 saturated carbocycles. The number of nitrogens with one attached hydrogen (secondary N) is 1. The third kappa shape index (κ3) is 4.42. The van der Waals surface area contributed by atoms with E-state index in [1.54, 1.807) is 0 Å². The van der Waals surface area contributed by atoms with E-state index < -0.39 is 9.84 Å². The highest BCUT2D eigenvalue weighted by molar-refractivity contribution is 7.91. The lowest BCUT2D eigenvalue weighted by Crippen LogP contribution is -2.28. The monoisotopic (exact) mass is 298 g/mol. The third-order valence-electron chi connectivity index (χ3n) is 3.32. The second kappa shape index (κ2) is 6.99. The fourth-order valence-electron chi connectivity index (χ4n) is 2.18.